The number of urea groups is 1. The summed E-state index contributed by atoms with van der Waals surface area (Å²) in [4.78, 5) is 14.5. The highest BCUT2D eigenvalue weighted by molar-refractivity contribution is 5.90. The third kappa shape index (κ3) is 3.62. The summed E-state index contributed by atoms with van der Waals surface area (Å²) in [5.74, 6) is 0.932. The van der Waals surface area contributed by atoms with Crippen molar-refractivity contribution in [2.24, 2.45) is 0 Å². The summed E-state index contributed by atoms with van der Waals surface area (Å²) in [7, 11) is 1.71. The Labute approximate surface area is 162 Å². The van der Waals surface area contributed by atoms with E-state index in [4.69, 9.17) is 9.47 Å². The van der Waals surface area contributed by atoms with E-state index in [0.29, 0.717) is 17.2 Å². The lowest BCUT2D eigenvalue weighted by molar-refractivity contribution is 0.174. The van der Waals surface area contributed by atoms with Gasteiger partial charge in [0.1, 0.15) is 5.82 Å². The summed E-state index contributed by atoms with van der Waals surface area (Å²) in [6.45, 7) is 0.174. The van der Waals surface area contributed by atoms with Crippen molar-refractivity contribution in [2.75, 3.05) is 19.2 Å². The number of carbonyl (C=O) groups excluding carboxylic acids is 1. The highest BCUT2D eigenvalue weighted by Gasteiger charge is 2.24. The van der Waals surface area contributed by atoms with Gasteiger partial charge < -0.3 is 19.7 Å². The zero-order valence-electron chi connectivity index (χ0n) is 15.3. The average Bonchev–Trinajstić information content (AvgIpc) is 3.18. The summed E-state index contributed by atoms with van der Waals surface area (Å²) in [6, 6.07) is 20.4. The van der Waals surface area contributed by atoms with E-state index in [1.807, 2.05) is 30.3 Å². The Bertz CT molecular complexity index is 977. The van der Waals surface area contributed by atoms with Gasteiger partial charge >= 0.3 is 6.03 Å². The van der Waals surface area contributed by atoms with Gasteiger partial charge in [-0.2, -0.15) is 0 Å². The van der Waals surface area contributed by atoms with Gasteiger partial charge in [-0.1, -0.05) is 42.5 Å². The second kappa shape index (κ2) is 7.60. The quantitative estimate of drug-likeness (QED) is 0.709. The second-order valence-electron chi connectivity index (χ2n) is 6.47. The number of carbonyl (C=O) groups is 1. The molecule has 4 rings (SSSR count). The maximum absolute atomic E-state index is 13.4. The van der Waals surface area contributed by atoms with E-state index in [-0.39, 0.29) is 24.7 Å². The minimum atomic E-state index is -0.365. The van der Waals surface area contributed by atoms with Crippen LogP contribution in [-0.2, 0) is 0 Å². The molecule has 1 N–H and O–H groups in total. The topological polar surface area (TPSA) is 50.8 Å². The van der Waals surface area contributed by atoms with Crippen LogP contribution in [0.1, 0.15) is 17.2 Å². The Hall–Kier alpha value is -3.54. The molecule has 0 spiro atoms. The first-order chi connectivity index (χ1) is 13.6. The molecule has 1 unspecified atom stereocenters. The maximum Gasteiger partial charge on any atom is 0.322 e. The van der Waals surface area contributed by atoms with Gasteiger partial charge in [-0.25, -0.2) is 9.18 Å². The van der Waals surface area contributed by atoms with Gasteiger partial charge in [-0.3, -0.25) is 0 Å². The molecule has 0 aromatic heterocycles. The number of rotatable bonds is 4. The highest BCUT2D eigenvalue weighted by atomic mass is 19.1. The normalized spacial score (nSPS) is 13.1. The number of hydrogen-bond acceptors (Lipinski definition) is 3. The van der Waals surface area contributed by atoms with E-state index >= 15 is 0 Å². The third-order valence-electron chi connectivity index (χ3n) is 4.63. The molecule has 28 heavy (non-hydrogen) atoms. The molecule has 1 aliphatic heterocycles. The zero-order chi connectivity index (χ0) is 19.5. The average molecular weight is 378 g/mol. The second-order valence-corrected chi connectivity index (χ2v) is 6.47. The van der Waals surface area contributed by atoms with E-state index < -0.39 is 0 Å². The monoisotopic (exact) mass is 378 g/mol. The van der Waals surface area contributed by atoms with E-state index in [9.17, 15) is 9.18 Å². The molecule has 6 heteroatoms. The first kappa shape index (κ1) is 17.9. The van der Waals surface area contributed by atoms with Crippen molar-refractivity contribution >= 4 is 11.7 Å². The van der Waals surface area contributed by atoms with Gasteiger partial charge in [0.2, 0.25) is 6.79 Å². The number of hydrogen-bond donors (Lipinski definition) is 1. The van der Waals surface area contributed by atoms with Crippen LogP contribution < -0.4 is 14.8 Å². The lowest BCUT2D eigenvalue weighted by atomic mass is 9.97. The number of amides is 2. The molecule has 0 radical (unpaired) electrons. The summed E-state index contributed by atoms with van der Waals surface area (Å²) >= 11 is 0. The van der Waals surface area contributed by atoms with E-state index in [1.54, 1.807) is 42.3 Å². The molecule has 142 valence electrons. The van der Waals surface area contributed by atoms with Crippen molar-refractivity contribution in [1.29, 1.82) is 0 Å². The Morgan fingerprint density at radius 3 is 2.39 bits per heavy atom. The number of nitrogens with one attached hydrogen (secondary N) is 1. The highest BCUT2D eigenvalue weighted by Crippen LogP contribution is 2.35. The summed E-state index contributed by atoms with van der Waals surface area (Å²) in [5.41, 5.74) is 2.35. The van der Waals surface area contributed by atoms with Crippen LogP contribution in [0.15, 0.2) is 72.8 Å². The van der Waals surface area contributed by atoms with Crippen LogP contribution >= 0.6 is 0 Å². The van der Waals surface area contributed by atoms with Crippen LogP contribution in [0.2, 0.25) is 0 Å². The van der Waals surface area contributed by atoms with Gasteiger partial charge in [0.15, 0.2) is 11.5 Å². The van der Waals surface area contributed by atoms with Crippen molar-refractivity contribution in [3.63, 3.8) is 0 Å². The van der Waals surface area contributed by atoms with Gasteiger partial charge in [0.25, 0.3) is 0 Å². The molecule has 0 bridgehead atoms. The van der Waals surface area contributed by atoms with Crippen molar-refractivity contribution in [3.8, 4) is 11.5 Å². The van der Waals surface area contributed by atoms with Crippen molar-refractivity contribution in [1.82, 2.24) is 4.90 Å². The number of benzene rings is 3. The molecule has 1 heterocycles. The first-order valence-electron chi connectivity index (χ1n) is 8.86. The molecule has 1 atom stereocenters. The maximum atomic E-state index is 13.4. The standard InChI is InChI=1S/C22H19FN2O3/c1-25(22(26)24-18-11-12-19-20(13-18)28-14-27-19)21(15-5-3-2-4-6-15)16-7-9-17(23)10-8-16/h2-13,21H,14H2,1H3,(H,24,26). The SMILES string of the molecule is CN(C(=O)Nc1ccc2c(c1)OCO2)C(c1ccccc1)c1ccc(F)cc1. The first-order valence-corrected chi connectivity index (χ1v) is 8.86. The Morgan fingerprint density at radius 2 is 1.64 bits per heavy atom. The molecular formula is C22H19FN2O3. The molecule has 0 saturated carbocycles. The molecule has 0 fully saturated rings. The fraction of sp³-hybridized carbons (Fsp3) is 0.136. The van der Waals surface area contributed by atoms with E-state index in [0.717, 1.165) is 11.1 Å². The van der Waals surface area contributed by atoms with Gasteiger partial charge in [-0.15, -0.1) is 0 Å². The number of fused-ring (bicyclic) bond motifs is 1. The largest absolute Gasteiger partial charge is 0.454 e. The lowest BCUT2D eigenvalue weighted by Crippen LogP contribution is -2.35. The minimum absolute atomic E-state index is 0.174. The molecule has 3 aromatic rings. The zero-order valence-corrected chi connectivity index (χ0v) is 15.3. The molecule has 5 nitrogen and oxygen atoms in total. The van der Waals surface area contributed by atoms with Crippen molar-refractivity contribution < 1.29 is 18.7 Å². The fourth-order valence-corrected chi connectivity index (χ4v) is 3.22. The molecule has 1 aliphatic rings. The summed E-state index contributed by atoms with van der Waals surface area (Å²) in [6.07, 6.45) is 0. The van der Waals surface area contributed by atoms with Gasteiger partial charge in [0, 0.05) is 18.8 Å². The third-order valence-corrected chi connectivity index (χ3v) is 4.63. The number of halogens is 1. The molecule has 2 amide bonds. The predicted octanol–water partition coefficient (Wildman–Crippen LogP) is 4.81. The molecule has 0 aliphatic carbocycles. The van der Waals surface area contributed by atoms with Crippen molar-refractivity contribution in [3.05, 3.63) is 89.7 Å². The number of anilines is 1. The Balaban J connectivity index is 1.60. The van der Waals surface area contributed by atoms with Crippen LogP contribution in [0.4, 0.5) is 14.9 Å². The molecular weight excluding hydrogens is 359 g/mol. The van der Waals surface area contributed by atoms with Crippen LogP contribution in [0.3, 0.4) is 0 Å². The number of nitrogens with zero attached hydrogens (tertiary/aromatic N) is 1. The van der Waals surface area contributed by atoms with Crippen LogP contribution in [0.5, 0.6) is 11.5 Å². The van der Waals surface area contributed by atoms with Crippen LogP contribution in [0.25, 0.3) is 0 Å². The molecule has 0 saturated heterocycles. The Kier molecular flexibility index (Phi) is 4.85. The number of ether oxygens (including phenoxy) is 2. The van der Waals surface area contributed by atoms with E-state index in [2.05, 4.69) is 5.32 Å². The summed E-state index contributed by atoms with van der Waals surface area (Å²) in [5, 5.41) is 2.88. The van der Waals surface area contributed by atoms with Crippen molar-refractivity contribution in [2.45, 2.75) is 6.04 Å². The van der Waals surface area contributed by atoms with Gasteiger partial charge in [-0.05, 0) is 35.4 Å². The smallest absolute Gasteiger partial charge is 0.322 e. The van der Waals surface area contributed by atoms with Crippen LogP contribution in [-0.4, -0.2) is 24.8 Å². The Morgan fingerprint density at radius 1 is 0.964 bits per heavy atom. The minimum Gasteiger partial charge on any atom is -0.454 e. The predicted molar refractivity (Wildman–Crippen MR) is 104 cm³/mol. The van der Waals surface area contributed by atoms with E-state index in [1.165, 1.54) is 12.1 Å². The fourth-order valence-electron chi connectivity index (χ4n) is 3.22. The van der Waals surface area contributed by atoms with Crippen LogP contribution in [0, 0.1) is 5.82 Å². The molecule has 3 aromatic carbocycles. The summed E-state index contributed by atoms with van der Waals surface area (Å²) < 4.78 is 24.0. The lowest BCUT2D eigenvalue weighted by Gasteiger charge is -2.29. The van der Waals surface area contributed by atoms with Gasteiger partial charge in [0.05, 0.1) is 6.04 Å².